The van der Waals surface area contributed by atoms with E-state index in [4.69, 9.17) is 10.3 Å². The quantitative estimate of drug-likeness (QED) is 0.0791. The normalized spacial score (nSPS) is 25.3. The summed E-state index contributed by atoms with van der Waals surface area (Å²) in [5, 5.41) is 44.7. The van der Waals surface area contributed by atoms with Gasteiger partial charge in [-0.2, -0.15) is 23.5 Å². The summed E-state index contributed by atoms with van der Waals surface area (Å²) in [7, 11) is -5.00. The molecule has 10 amide bonds. The first-order valence-electron chi connectivity index (χ1n) is 36.6. The number of pyridine rings is 1. The second-order valence-corrected chi connectivity index (χ2v) is 33.8. The van der Waals surface area contributed by atoms with Gasteiger partial charge in [-0.05, 0) is 131 Å². The number of primary amides is 1. The molecule has 7 rings (SSSR count). The van der Waals surface area contributed by atoms with Crippen LogP contribution in [0.4, 0.5) is 0 Å². The molecule has 15 N–H and O–H groups in total. The van der Waals surface area contributed by atoms with Gasteiger partial charge in [0.25, 0.3) is 0 Å². The summed E-state index contributed by atoms with van der Waals surface area (Å²) in [4.78, 5) is 201. The van der Waals surface area contributed by atoms with Crippen LogP contribution in [0.25, 0.3) is 11.0 Å². The van der Waals surface area contributed by atoms with Gasteiger partial charge < -0.3 is 72.9 Å². The fourth-order valence-corrected chi connectivity index (χ4v) is 15.1. The van der Waals surface area contributed by atoms with E-state index in [9.17, 15) is 77.3 Å². The summed E-state index contributed by atoms with van der Waals surface area (Å²) in [5.74, 6) is -12.2. The number of aromatic amines is 1. The number of carbonyl (C=O) groups is 12. The van der Waals surface area contributed by atoms with E-state index in [1.54, 1.807) is 52.9 Å². The third kappa shape index (κ3) is 25.0. The Bertz CT molecular complexity index is 4200. The molecule has 30 nitrogen and oxygen atoms in total. The number of nitrogens with zero attached hydrogens (tertiary/aromatic N) is 2. The van der Waals surface area contributed by atoms with Crippen LogP contribution in [0.3, 0.4) is 0 Å². The number of Topliss-reactive ketones (excluding diaryl/α,β-unsaturated/α-hetero) is 2. The molecule has 4 heterocycles. The number of H-pyrrole nitrogens is 1. The van der Waals surface area contributed by atoms with E-state index < -0.39 is 180 Å². The van der Waals surface area contributed by atoms with E-state index in [2.05, 4.69) is 52.5 Å². The predicted molar refractivity (Wildman–Crippen MR) is 415 cm³/mol. The third-order valence-electron chi connectivity index (χ3n) is 19.8. The SMILES string of the molecule is Cc1ccc(C[C@@H]2NC(=O)[C@H](C(C)(C)C)NC(=O)CCSCc3cccc(c3)CSC[C@@H](C(N)=O)NC(=O)[C@H]([C@H](C)O)CC(=O)[C@](C)(C(C)C)NC(=O)[C@H](Cc3ccc(OP(=O)(O)O)cc3)CC(=O)[C@H](C)NC(=O)C(C)(C)NC(=O)[C@H](Cc3c[nH]c4ncccc34)NC(=O)[C@H]([C@@H](C)O)NC(=O)[C@@H]3CCCN3C2=O)cc1. The largest absolute Gasteiger partial charge is 0.524 e. The minimum atomic E-state index is -5.00. The maximum Gasteiger partial charge on any atom is 0.524 e. The summed E-state index contributed by atoms with van der Waals surface area (Å²) >= 11 is 2.75. The van der Waals surface area contributed by atoms with Crippen molar-refractivity contribution in [2.45, 2.75) is 212 Å². The molecule has 33 heteroatoms. The summed E-state index contributed by atoms with van der Waals surface area (Å²) in [5.41, 5.74) is 5.86. The number of phosphoric acid groups is 1. The van der Waals surface area contributed by atoms with Gasteiger partial charge >= 0.3 is 7.82 Å². The molecule has 3 aromatic carbocycles. The zero-order valence-corrected chi connectivity index (χ0v) is 66.6. The lowest BCUT2D eigenvalue weighted by Crippen LogP contribution is -2.63. The Balaban J connectivity index is 1.21. The zero-order valence-electron chi connectivity index (χ0n) is 64.1. The Hall–Kier alpha value is -9.04. The van der Waals surface area contributed by atoms with E-state index in [1.165, 1.54) is 100 Å². The van der Waals surface area contributed by atoms with Gasteiger partial charge in [-0.15, -0.1) is 0 Å². The highest BCUT2D eigenvalue weighted by atomic mass is 32.2. The number of fused-ring (bicyclic) bond motifs is 4. The summed E-state index contributed by atoms with van der Waals surface area (Å²) in [6, 6.07) is 13.8. The average molecular weight is 1580 g/mol. The number of aromatic nitrogens is 2. The van der Waals surface area contributed by atoms with E-state index in [1.807, 2.05) is 55.5 Å². The van der Waals surface area contributed by atoms with Crippen LogP contribution in [0, 0.1) is 30.1 Å². The van der Waals surface area contributed by atoms with E-state index in [-0.39, 0.29) is 50.2 Å². The molecule has 0 saturated carbocycles. The van der Waals surface area contributed by atoms with Crippen molar-refractivity contribution in [3.8, 4) is 5.75 Å². The second-order valence-electron chi connectivity index (χ2n) is 30.5. The van der Waals surface area contributed by atoms with E-state index >= 15 is 4.79 Å². The number of rotatable bonds is 12. The molecule has 2 bridgehead atoms. The Morgan fingerprint density at radius 2 is 1.35 bits per heavy atom. The smallest absolute Gasteiger partial charge is 0.404 e. The van der Waals surface area contributed by atoms with Crippen LogP contribution in [-0.2, 0) is 92.9 Å². The molecule has 0 unspecified atom stereocenters. The molecule has 110 heavy (non-hydrogen) atoms. The number of benzene rings is 3. The Morgan fingerprint density at radius 3 is 1.97 bits per heavy atom. The minimum absolute atomic E-state index is 0.0123. The highest BCUT2D eigenvalue weighted by Gasteiger charge is 2.46. The van der Waals surface area contributed by atoms with Crippen molar-refractivity contribution < 1.29 is 86.6 Å². The molecule has 0 aliphatic carbocycles. The number of nitrogens with two attached hydrogens (primary N) is 1. The Labute approximate surface area is 648 Å². The molecule has 0 spiro atoms. The van der Waals surface area contributed by atoms with Gasteiger partial charge in [0.1, 0.15) is 53.2 Å². The Morgan fingerprint density at radius 1 is 0.718 bits per heavy atom. The van der Waals surface area contributed by atoms with Crippen LogP contribution in [0.1, 0.15) is 142 Å². The molecular formula is C77H105N12O18PS2. The first-order valence-corrected chi connectivity index (χ1v) is 40.4. The third-order valence-corrected chi connectivity index (χ3v) is 22.4. The lowest BCUT2D eigenvalue weighted by Gasteiger charge is -2.36. The fourth-order valence-electron chi connectivity index (χ4n) is 12.8. The number of carbonyl (C=O) groups excluding carboxylic acids is 12. The molecular weight excluding hydrogens is 1480 g/mol. The average Bonchev–Trinajstić information content (AvgIpc) is 1.45. The van der Waals surface area contributed by atoms with Gasteiger partial charge in [-0.3, -0.25) is 67.3 Å². The predicted octanol–water partition coefficient (Wildman–Crippen LogP) is 3.73. The van der Waals surface area contributed by atoms with Gasteiger partial charge in [-0.1, -0.05) is 101 Å². The van der Waals surface area contributed by atoms with Gasteiger partial charge in [0.2, 0.25) is 59.1 Å². The van der Waals surface area contributed by atoms with Gasteiger partial charge in [-0.25, -0.2) is 9.55 Å². The number of aliphatic hydroxyl groups is 2. The van der Waals surface area contributed by atoms with Crippen LogP contribution in [0.5, 0.6) is 5.75 Å². The van der Waals surface area contributed by atoms with Crippen LogP contribution in [-0.4, -0.2) is 189 Å². The number of amides is 10. The fraction of sp³-hybridized carbons (Fsp3) is 0.519. The molecule has 598 valence electrons. The maximum atomic E-state index is 15.1. The molecule has 2 aliphatic heterocycles. The van der Waals surface area contributed by atoms with Crippen molar-refractivity contribution in [2.24, 2.45) is 28.9 Å². The van der Waals surface area contributed by atoms with Crippen LogP contribution < -0.4 is 52.8 Å². The molecule has 5 aromatic rings. The van der Waals surface area contributed by atoms with Crippen molar-refractivity contribution in [2.75, 3.05) is 18.1 Å². The number of nitrogens with one attached hydrogen (secondary N) is 9. The summed E-state index contributed by atoms with van der Waals surface area (Å²) < 4.78 is 16.4. The molecule has 2 aliphatic rings. The Kier molecular flexibility index (Phi) is 31.1. The zero-order chi connectivity index (χ0) is 81.3. The molecule has 2 aromatic heterocycles. The first kappa shape index (κ1) is 88.2. The second kappa shape index (κ2) is 38.7. The topological polar surface area (TPSA) is 466 Å². The molecule has 0 radical (unpaired) electrons. The number of phosphoric ester groups is 1. The van der Waals surface area contributed by atoms with E-state index in [0.717, 1.165) is 16.7 Å². The number of thioether (sulfide) groups is 2. The van der Waals surface area contributed by atoms with Crippen molar-refractivity contribution in [3.05, 3.63) is 131 Å². The van der Waals surface area contributed by atoms with Crippen molar-refractivity contribution >= 4 is 113 Å². The highest BCUT2D eigenvalue weighted by molar-refractivity contribution is 7.98. The standard InChI is InChI=1S/C77H105N12O18PS2/c1-42(2)77(12)61(93)37-55(45(5)90)68(97)84-58(65(78)95)41-110-40-50-17-13-16-49(32-50)39-109-31-28-62(94)85-64(75(7,8)9)72(101)83-57(34-48-22-20-43(3)21-23-48)73(102)89-30-15-19-59(89)70(99)86-63(46(6)91)71(100)82-56(35-52-38-80-66-54(52)18-14-29-79-66)69(98)87-76(10,11)74(103)81-44(4)60(92)36-51(67(96)88-77)33-47-24-26-53(27-25-47)107-108(104,105)106/h13-14,16-18,20-27,29,32,38,42,44-46,51,55-59,63-64,90-91H,15,19,28,30-31,33-37,39-41H2,1-12H3,(H2,78,95)(H,79,80)(H,81,103)(H,82,100)(H,83,101)(H,84,97)(H,85,94)(H,86,99)(H,87,98)(H,88,96)(H2,104,105,106)/t44-,45-,46+,51+,55-,56-,57-,58-,59-,63-,64+,77-/m0/s1. The van der Waals surface area contributed by atoms with E-state index in [0.29, 0.717) is 51.4 Å². The number of ketones is 2. The van der Waals surface area contributed by atoms with Crippen molar-refractivity contribution in [1.29, 1.82) is 0 Å². The van der Waals surface area contributed by atoms with Crippen LogP contribution in [0.15, 0.2) is 97.3 Å². The number of hydrogen-bond donors (Lipinski definition) is 14. The maximum absolute atomic E-state index is 15.1. The van der Waals surface area contributed by atoms with Crippen molar-refractivity contribution in [1.82, 2.24) is 57.4 Å². The summed E-state index contributed by atoms with van der Waals surface area (Å²) in [6.07, 6.45) is -1.37. The highest BCUT2D eigenvalue weighted by Crippen LogP contribution is 2.38. The van der Waals surface area contributed by atoms with Gasteiger partial charge in [0.05, 0.1) is 29.7 Å². The number of hydrogen-bond acceptors (Lipinski definition) is 19. The van der Waals surface area contributed by atoms with Gasteiger partial charge in [0.15, 0.2) is 11.6 Å². The van der Waals surface area contributed by atoms with Crippen molar-refractivity contribution in [3.63, 3.8) is 0 Å². The lowest BCUT2D eigenvalue weighted by atomic mass is 9.78. The molecule has 1 fully saturated rings. The minimum Gasteiger partial charge on any atom is -0.404 e. The first-order chi connectivity index (χ1) is 51.5. The number of aryl methyl sites for hydroxylation is 1. The molecule has 1 saturated heterocycles. The molecule has 12 atom stereocenters. The van der Waals surface area contributed by atoms with Crippen LogP contribution >= 0.6 is 31.3 Å². The number of aliphatic hydroxyl groups excluding tert-OH is 2. The van der Waals surface area contributed by atoms with Gasteiger partial charge in [0, 0.05) is 85.4 Å². The monoisotopic (exact) mass is 1580 g/mol. The lowest BCUT2D eigenvalue weighted by molar-refractivity contribution is -0.143. The summed E-state index contributed by atoms with van der Waals surface area (Å²) in [6.45, 7) is 18.4. The van der Waals surface area contributed by atoms with Crippen LogP contribution in [0.2, 0.25) is 0 Å².